The SMILES string of the molecule is O=C1CN(Cc2c(-c3ccccc3F)nc3ccccc3c2C(=O)O)CCN1. The Bertz CT molecular complexity index is 1080. The maximum Gasteiger partial charge on any atom is 0.336 e. The van der Waals surface area contributed by atoms with E-state index in [2.05, 4.69) is 10.3 Å². The van der Waals surface area contributed by atoms with Gasteiger partial charge in [0.25, 0.3) is 0 Å². The van der Waals surface area contributed by atoms with Crippen molar-refractivity contribution in [2.75, 3.05) is 19.6 Å². The van der Waals surface area contributed by atoms with E-state index in [1.807, 2.05) is 4.90 Å². The van der Waals surface area contributed by atoms with Crippen molar-refractivity contribution in [3.8, 4) is 11.3 Å². The predicted molar refractivity (Wildman–Crippen MR) is 102 cm³/mol. The van der Waals surface area contributed by atoms with Crippen molar-refractivity contribution < 1.29 is 19.1 Å². The van der Waals surface area contributed by atoms with E-state index in [-0.39, 0.29) is 30.1 Å². The van der Waals surface area contributed by atoms with Crippen LogP contribution in [0.4, 0.5) is 4.39 Å². The van der Waals surface area contributed by atoms with Crippen molar-refractivity contribution in [1.29, 1.82) is 0 Å². The lowest BCUT2D eigenvalue weighted by atomic mass is 9.95. The Morgan fingerprint density at radius 1 is 1.18 bits per heavy atom. The molecule has 0 bridgehead atoms. The summed E-state index contributed by atoms with van der Waals surface area (Å²) in [5.41, 5.74) is 1.52. The highest BCUT2D eigenvalue weighted by Crippen LogP contribution is 2.32. The number of para-hydroxylation sites is 1. The minimum absolute atomic E-state index is 0.0924. The number of pyridine rings is 1. The molecule has 2 heterocycles. The zero-order valence-electron chi connectivity index (χ0n) is 15.0. The van der Waals surface area contributed by atoms with Gasteiger partial charge in [0.15, 0.2) is 0 Å². The lowest BCUT2D eigenvalue weighted by Gasteiger charge is -2.28. The van der Waals surface area contributed by atoms with Gasteiger partial charge in [-0.3, -0.25) is 9.69 Å². The minimum Gasteiger partial charge on any atom is -0.478 e. The van der Waals surface area contributed by atoms with Gasteiger partial charge in [0.2, 0.25) is 5.91 Å². The van der Waals surface area contributed by atoms with E-state index in [9.17, 15) is 19.1 Å². The first-order valence-electron chi connectivity index (χ1n) is 8.93. The quantitative estimate of drug-likeness (QED) is 0.728. The van der Waals surface area contributed by atoms with Gasteiger partial charge in [0.05, 0.1) is 23.3 Å². The van der Waals surface area contributed by atoms with Crippen LogP contribution in [0.2, 0.25) is 0 Å². The summed E-state index contributed by atoms with van der Waals surface area (Å²) in [6.45, 7) is 1.41. The summed E-state index contributed by atoms with van der Waals surface area (Å²) in [5.74, 6) is -1.70. The van der Waals surface area contributed by atoms with Crippen LogP contribution in [0.1, 0.15) is 15.9 Å². The highest BCUT2D eigenvalue weighted by atomic mass is 19.1. The van der Waals surface area contributed by atoms with Gasteiger partial charge in [-0.05, 0) is 18.2 Å². The van der Waals surface area contributed by atoms with E-state index in [4.69, 9.17) is 0 Å². The number of hydrogen-bond acceptors (Lipinski definition) is 4. The molecule has 1 aromatic heterocycles. The monoisotopic (exact) mass is 379 g/mol. The zero-order valence-corrected chi connectivity index (χ0v) is 15.0. The second kappa shape index (κ2) is 7.36. The van der Waals surface area contributed by atoms with E-state index in [0.717, 1.165) is 0 Å². The first-order chi connectivity index (χ1) is 13.5. The molecule has 4 rings (SSSR count). The Balaban J connectivity index is 1.96. The van der Waals surface area contributed by atoms with E-state index in [1.54, 1.807) is 42.5 Å². The zero-order chi connectivity index (χ0) is 19.7. The molecule has 142 valence electrons. The van der Waals surface area contributed by atoms with Gasteiger partial charge in [0, 0.05) is 36.1 Å². The Hall–Kier alpha value is -3.32. The maximum absolute atomic E-state index is 14.6. The fourth-order valence-electron chi connectivity index (χ4n) is 3.58. The van der Waals surface area contributed by atoms with Crippen LogP contribution in [-0.4, -0.2) is 46.5 Å². The molecule has 2 N–H and O–H groups in total. The number of carbonyl (C=O) groups is 2. The van der Waals surface area contributed by atoms with Crippen molar-refractivity contribution in [3.05, 3.63) is 65.5 Å². The van der Waals surface area contributed by atoms with Crippen LogP contribution < -0.4 is 5.32 Å². The smallest absolute Gasteiger partial charge is 0.336 e. The molecule has 6 nitrogen and oxygen atoms in total. The van der Waals surface area contributed by atoms with Crippen LogP contribution in [0, 0.1) is 5.82 Å². The summed E-state index contributed by atoms with van der Waals surface area (Å²) in [6.07, 6.45) is 0. The number of carboxylic acid groups (broad SMARTS) is 1. The molecule has 0 unspecified atom stereocenters. The number of rotatable bonds is 4. The molecule has 28 heavy (non-hydrogen) atoms. The molecule has 1 aliphatic rings. The van der Waals surface area contributed by atoms with Crippen molar-refractivity contribution in [3.63, 3.8) is 0 Å². The van der Waals surface area contributed by atoms with Crippen molar-refractivity contribution in [2.24, 2.45) is 0 Å². The van der Waals surface area contributed by atoms with Gasteiger partial charge in [-0.2, -0.15) is 0 Å². The number of aromatic nitrogens is 1. The average molecular weight is 379 g/mol. The van der Waals surface area contributed by atoms with E-state index >= 15 is 0 Å². The minimum atomic E-state index is -1.10. The molecular weight excluding hydrogens is 361 g/mol. The van der Waals surface area contributed by atoms with Crippen molar-refractivity contribution in [2.45, 2.75) is 6.54 Å². The van der Waals surface area contributed by atoms with Crippen LogP contribution in [0.15, 0.2) is 48.5 Å². The number of fused-ring (bicyclic) bond motifs is 1. The third-order valence-corrected chi connectivity index (χ3v) is 4.84. The van der Waals surface area contributed by atoms with Crippen molar-refractivity contribution >= 4 is 22.8 Å². The number of aromatic carboxylic acids is 1. The van der Waals surface area contributed by atoms with E-state index in [0.29, 0.717) is 35.2 Å². The fourth-order valence-corrected chi connectivity index (χ4v) is 3.58. The second-order valence-corrected chi connectivity index (χ2v) is 6.68. The maximum atomic E-state index is 14.6. The normalized spacial score (nSPS) is 14.8. The number of carbonyl (C=O) groups excluding carboxylic acids is 1. The van der Waals surface area contributed by atoms with E-state index in [1.165, 1.54) is 6.07 Å². The number of carboxylic acids is 1. The lowest BCUT2D eigenvalue weighted by molar-refractivity contribution is -0.124. The number of amides is 1. The highest BCUT2D eigenvalue weighted by molar-refractivity contribution is 6.05. The molecule has 2 aromatic carbocycles. The van der Waals surface area contributed by atoms with Crippen LogP contribution in [-0.2, 0) is 11.3 Å². The molecule has 7 heteroatoms. The third-order valence-electron chi connectivity index (χ3n) is 4.84. The molecule has 0 spiro atoms. The number of piperazine rings is 1. The third kappa shape index (κ3) is 3.32. The van der Waals surface area contributed by atoms with Crippen LogP contribution in [0.25, 0.3) is 22.2 Å². The Morgan fingerprint density at radius 3 is 2.68 bits per heavy atom. The van der Waals surface area contributed by atoms with Gasteiger partial charge in [0.1, 0.15) is 5.82 Å². The Morgan fingerprint density at radius 2 is 1.93 bits per heavy atom. The molecule has 1 fully saturated rings. The van der Waals surface area contributed by atoms with Gasteiger partial charge >= 0.3 is 5.97 Å². The summed E-state index contributed by atoms with van der Waals surface area (Å²) in [4.78, 5) is 30.4. The molecule has 1 amide bonds. The molecule has 0 radical (unpaired) electrons. The molecule has 0 saturated carbocycles. The summed E-state index contributed by atoms with van der Waals surface area (Å²) in [7, 11) is 0. The number of halogens is 1. The molecule has 0 atom stereocenters. The predicted octanol–water partition coefficient (Wildman–Crippen LogP) is 2.67. The summed E-state index contributed by atoms with van der Waals surface area (Å²) >= 11 is 0. The number of nitrogens with one attached hydrogen (secondary N) is 1. The first-order valence-corrected chi connectivity index (χ1v) is 8.93. The Kier molecular flexibility index (Phi) is 4.75. The average Bonchev–Trinajstić information content (AvgIpc) is 2.67. The van der Waals surface area contributed by atoms with Gasteiger partial charge in [-0.15, -0.1) is 0 Å². The standard InChI is InChI=1S/C21H18FN3O3/c22-16-7-3-1-5-13(16)20-15(11-25-10-9-23-18(26)12-25)19(21(27)28)14-6-2-4-8-17(14)24-20/h1-8H,9-12H2,(H,23,26)(H,27,28). The van der Waals surface area contributed by atoms with Crippen LogP contribution in [0.5, 0.6) is 0 Å². The number of benzene rings is 2. The largest absolute Gasteiger partial charge is 0.478 e. The van der Waals surface area contributed by atoms with Gasteiger partial charge in [-0.1, -0.05) is 30.3 Å². The van der Waals surface area contributed by atoms with Crippen molar-refractivity contribution in [1.82, 2.24) is 15.2 Å². The lowest BCUT2D eigenvalue weighted by Crippen LogP contribution is -2.47. The topological polar surface area (TPSA) is 82.5 Å². The van der Waals surface area contributed by atoms with Crippen LogP contribution in [0.3, 0.4) is 0 Å². The highest BCUT2D eigenvalue weighted by Gasteiger charge is 2.25. The molecule has 3 aromatic rings. The summed E-state index contributed by atoms with van der Waals surface area (Å²) in [5, 5.41) is 13.2. The summed E-state index contributed by atoms with van der Waals surface area (Å²) < 4.78 is 14.6. The Labute approximate surface area is 160 Å². The number of hydrogen-bond donors (Lipinski definition) is 2. The summed E-state index contributed by atoms with van der Waals surface area (Å²) in [6, 6.07) is 13.1. The van der Waals surface area contributed by atoms with Gasteiger partial charge in [-0.25, -0.2) is 14.2 Å². The molecular formula is C21H18FN3O3. The first kappa shape index (κ1) is 18.1. The molecule has 1 aliphatic heterocycles. The molecule has 0 aliphatic carbocycles. The second-order valence-electron chi connectivity index (χ2n) is 6.68. The van der Waals surface area contributed by atoms with E-state index < -0.39 is 11.8 Å². The van der Waals surface area contributed by atoms with Gasteiger partial charge < -0.3 is 10.4 Å². The number of nitrogens with zero attached hydrogens (tertiary/aromatic N) is 2. The van der Waals surface area contributed by atoms with Crippen LogP contribution >= 0.6 is 0 Å². The molecule has 1 saturated heterocycles. The fraction of sp³-hybridized carbons (Fsp3) is 0.190.